The number of rotatable bonds is 16. The number of hydrogen-bond donors (Lipinski definition) is 10. The molecule has 0 saturated heterocycles. The van der Waals surface area contributed by atoms with E-state index in [-0.39, 0.29) is 61.8 Å². The molecule has 9 aromatic rings. The lowest BCUT2D eigenvalue weighted by Crippen LogP contribution is -2.17. The lowest BCUT2D eigenvalue weighted by molar-refractivity contribution is 0.0693. The molecule has 1 aromatic heterocycles. The molecule has 0 spiro atoms. The Morgan fingerprint density at radius 1 is 0.566 bits per heavy atom. The molecule has 424 valence electrons. The number of phenols is 3. The highest BCUT2D eigenvalue weighted by atomic mass is 32.2. The molecular weight excluding hydrogens is 1170 g/mol. The molecule has 0 saturated carbocycles. The molecule has 0 aliphatic carbocycles. The van der Waals surface area contributed by atoms with Gasteiger partial charge in [-0.3, -0.25) is 23.2 Å². The lowest BCUT2D eigenvalue weighted by Gasteiger charge is -2.14. The van der Waals surface area contributed by atoms with E-state index < -0.39 is 111 Å². The standard InChI is InChI=1S/C50H37N11O18S4/c1-24-14-37(41(79-2)23-36(24)58-60-38-21-32(81(70,71)72)15-25-16-33(82(73,74)75)22-40(63)44(25)38)59-61-45-42(83(76,77)78)18-26-17-31(80(67,68)69)20-35(43(26)46(45)64)47-53-49(51-27-6-4-3-5-7-27)55-50(54-47)52-28-8-10-29(11-9-28)56-57-30-12-13-39(62)34(19-30)48(65)66/h3-23,62-64H,1-2H3,(H,65,66)(H,67,68,69)(H,70,71,72)(H,73,74,75)(H,76,77,78)(H2,51,52,53,54,55). The second kappa shape index (κ2) is 22.2. The van der Waals surface area contributed by atoms with Crippen molar-refractivity contribution in [3.05, 3.63) is 144 Å². The van der Waals surface area contributed by atoms with Crippen molar-refractivity contribution in [2.24, 2.45) is 35.7 Å². The number of fused-ring (bicyclic) bond motifs is 2. The molecule has 0 radical (unpaired) electrons. The van der Waals surface area contributed by atoms with Gasteiger partial charge in [-0.05, 0) is 120 Å². The van der Waals surface area contributed by atoms with Gasteiger partial charge in [0.15, 0.2) is 11.6 Å². The number of phenolic OH excluding ortho intramolecular Hbond substituents is 2. The number of azo groups is 3. The average molecular weight is 1210 g/mol. The number of para-hydroxylation sites is 1. The van der Waals surface area contributed by atoms with E-state index in [4.69, 9.17) is 4.74 Å². The maximum Gasteiger partial charge on any atom is 0.339 e. The second-order valence-corrected chi connectivity index (χ2v) is 23.1. The number of ether oxygens (including phenoxy) is 1. The van der Waals surface area contributed by atoms with Gasteiger partial charge >= 0.3 is 5.97 Å². The highest BCUT2D eigenvalue weighted by Crippen LogP contribution is 2.47. The number of aromatic carboxylic acids is 1. The highest BCUT2D eigenvalue weighted by molar-refractivity contribution is 7.86. The zero-order chi connectivity index (χ0) is 59.9. The quantitative estimate of drug-likeness (QED) is 0.0317. The van der Waals surface area contributed by atoms with Crippen molar-refractivity contribution in [1.82, 2.24) is 15.0 Å². The smallest absolute Gasteiger partial charge is 0.339 e. The summed E-state index contributed by atoms with van der Waals surface area (Å²) >= 11 is 0. The number of aromatic hydroxyl groups is 3. The number of nitrogens with zero attached hydrogens (tertiary/aromatic N) is 9. The normalized spacial score (nSPS) is 12.8. The monoisotopic (exact) mass is 1210 g/mol. The SMILES string of the molecule is COc1cc(N=Nc2cc(S(=O)(=O)O)cc3cc(S(=O)(=O)O)cc(O)c23)c(C)cc1N=Nc1c(S(=O)(=O)O)cc2cc(S(=O)(=O)O)cc(-c3nc(Nc4ccc(N=Nc5ccc(O)c(C(=O)O)c5)cc4)[nH]c(=Nc4ccccc4)n3)c2c1O. The first-order valence-corrected chi connectivity index (χ1v) is 28.8. The number of aryl methyl sites for hydroxylation is 1. The lowest BCUT2D eigenvalue weighted by atomic mass is 10.0. The van der Waals surface area contributed by atoms with Crippen LogP contribution in [-0.4, -0.2) is 100 Å². The summed E-state index contributed by atoms with van der Waals surface area (Å²) in [6.07, 6.45) is 0. The average Bonchev–Trinajstić information content (AvgIpc) is 1.90. The van der Waals surface area contributed by atoms with Crippen molar-refractivity contribution in [3.8, 4) is 34.4 Å². The summed E-state index contributed by atoms with van der Waals surface area (Å²) < 4.78 is 146. The number of carbonyl (C=O) groups is 1. The predicted molar refractivity (Wildman–Crippen MR) is 293 cm³/mol. The van der Waals surface area contributed by atoms with Crippen LogP contribution in [0, 0.1) is 6.92 Å². The van der Waals surface area contributed by atoms with Gasteiger partial charge in [0.25, 0.3) is 40.5 Å². The van der Waals surface area contributed by atoms with E-state index >= 15 is 0 Å². The number of hydrogen-bond acceptors (Lipinski definition) is 23. The van der Waals surface area contributed by atoms with Crippen LogP contribution in [0.1, 0.15) is 15.9 Å². The molecule has 29 nitrogen and oxygen atoms in total. The molecule has 1 heterocycles. The van der Waals surface area contributed by atoms with Crippen LogP contribution in [0.3, 0.4) is 0 Å². The van der Waals surface area contributed by atoms with Gasteiger partial charge in [0.1, 0.15) is 39.1 Å². The molecule has 33 heteroatoms. The Bertz CT molecular complexity index is 4830. The first-order chi connectivity index (χ1) is 39.0. The Balaban J connectivity index is 1.14. The van der Waals surface area contributed by atoms with Crippen molar-refractivity contribution in [2.45, 2.75) is 26.5 Å². The van der Waals surface area contributed by atoms with Gasteiger partial charge in [0.05, 0.1) is 55.6 Å². The van der Waals surface area contributed by atoms with Crippen LogP contribution < -0.4 is 15.7 Å². The van der Waals surface area contributed by atoms with Crippen molar-refractivity contribution in [1.29, 1.82) is 0 Å². The summed E-state index contributed by atoms with van der Waals surface area (Å²) in [5.74, 6) is -4.36. The number of aromatic amines is 1. The topological polar surface area (TPSA) is 465 Å². The Kier molecular flexibility index (Phi) is 15.4. The fourth-order valence-electron chi connectivity index (χ4n) is 7.97. The summed E-state index contributed by atoms with van der Waals surface area (Å²) in [5, 5.41) is 68.2. The fraction of sp³-hybridized carbons (Fsp3) is 0.0400. The third-order valence-corrected chi connectivity index (χ3v) is 15.1. The number of H-pyrrole nitrogens is 1. The summed E-state index contributed by atoms with van der Waals surface area (Å²) in [6, 6.07) is 26.1. The van der Waals surface area contributed by atoms with Gasteiger partial charge in [-0.1, -0.05) is 18.2 Å². The minimum Gasteiger partial charge on any atom is -0.507 e. The highest BCUT2D eigenvalue weighted by Gasteiger charge is 2.28. The maximum atomic E-state index is 13.1. The van der Waals surface area contributed by atoms with Gasteiger partial charge in [-0.15, -0.1) is 15.3 Å². The molecule has 0 atom stereocenters. The van der Waals surface area contributed by atoms with Crippen LogP contribution in [-0.2, 0) is 40.5 Å². The van der Waals surface area contributed by atoms with E-state index in [9.17, 15) is 77.1 Å². The number of methoxy groups -OCH3 is 1. The fourth-order valence-corrected chi connectivity index (χ4v) is 10.2. The molecule has 10 N–H and O–H groups in total. The van der Waals surface area contributed by atoms with Crippen LogP contribution in [0.2, 0.25) is 0 Å². The number of anilines is 2. The van der Waals surface area contributed by atoms with E-state index in [1.165, 1.54) is 56.5 Å². The molecule has 83 heavy (non-hydrogen) atoms. The molecule has 8 aromatic carbocycles. The number of nitrogens with one attached hydrogen (secondary N) is 2. The molecule has 0 amide bonds. The first kappa shape index (κ1) is 57.7. The minimum atomic E-state index is -5.40. The van der Waals surface area contributed by atoms with E-state index in [0.717, 1.165) is 48.5 Å². The third-order valence-electron chi connectivity index (χ3n) is 11.8. The molecule has 0 bridgehead atoms. The number of carboxylic acids is 1. The van der Waals surface area contributed by atoms with E-state index in [1.54, 1.807) is 30.3 Å². The zero-order valence-corrected chi connectivity index (χ0v) is 45.2. The van der Waals surface area contributed by atoms with Crippen LogP contribution in [0.25, 0.3) is 32.9 Å². The molecule has 0 fully saturated rings. The van der Waals surface area contributed by atoms with Gasteiger partial charge in [0.2, 0.25) is 11.6 Å². The Hall–Kier alpha value is -10.0. The maximum absolute atomic E-state index is 13.1. The summed E-state index contributed by atoms with van der Waals surface area (Å²) in [5.41, 5.74) is -1.15. The van der Waals surface area contributed by atoms with Gasteiger partial charge in [0, 0.05) is 28.8 Å². The zero-order valence-electron chi connectivity index (χ0n) is 41.9. The van der Waals surface area contributed by atoms with Crippen molar-refractivity contribution in [3.63, 3.8) is 0 Å². The van der Waals surface area contributed by atoms with Crippen LogP contribution in [0.15, 0.2) is 183 Å². The summed E-state index contributed by atoms with van der Waals surface area (Å²) in [7, 11) is -19.3. The molecule has 9 rings (SSSR count). The number of benzene rings is 8. The molecular formula is C50H37N11O18S4. The third kappa shape index (κ3) is 12.8. The van der Waals surface area contributed by atoms with Gasteiger partial charge in [-0.25, -0.2) is 9.79 Å². The second-order valence-electron chi connectivity index (χ2n) is 17.4. The minimum absolute atomic E-state index is 0.0246. The number of carboxylic acid groups (broad SMARTS) is 1. The van der Waals surface area contributed by atoms with Crippen molar-refractivity contribution in [2.75, 3.05) is 12.4 Å². The van der Waals surface area contributed by atoms with E-state index in [2.05, 4.69) is 55.9 Å². The van der Waals surface area contributed by atoms with E-state index in [1.807, 2.05) is 0 Å². The largest absolute Gasteiger partial charge is 0.507 e. The van der Waals surface area contributed by atoms with Crippen LogP contribution in [0.4, 0.5) is 51.4 Å². The molecule has 0 aliphatic rings. The summed E-state index contributed by atoms with van der Waals surface area (Å²) in [6.45, 7) is 1.47. The molecule has 0 aliphatic heterocycles. The van der Waals surface area contributed by atoms with Crippen molar-refractivity contribution < 1.29 is 81.8 Å². The Morgan fingerprint density at radius 2 is 1.16 bits per heavy atom. The van der Waals surface area contributed by atoms with Crippen molar-refractivity contribution >= 4 is 119 Å². The number of aromatic nitrogens is 3. The predicted octanol–water partition coefficient (Wildman–Crippen LogP) is 10.1. The van der Waals surface area contributed by atoms with Crippen LogP contribution >= 0.6 is 0 Å². The Labute approximate surface area is 467 Å². The first-order valence-electron chi connectivity index (χ1n) is 23.0. The van der Waals surface area contributed by atoms with E-state index in [0.29, 0.717) is 23.1 Å². The molecule has 0 unspecified atom stereocenters. The van der Waals surface area contributed by atoms with Gasteiger partial charge in [-0.2, -0.15) is 59.0 Å². The Morgan fingerprint density at radius 3 is 1.78 bits per heavy atom. The van der Waals surface area contributed by atoms with Crippen LogP contribution in [0.5, 0.6) is 23.0 Å². The summed E-state index contributed by atoms with van der Waals surface area (Å²) in [4.78, 5) is 24.3. The van der Waals surface area contributed by atoms with Gasteiger partial charge < -0.3 is 30.5 Å².